The van der Waals surface area contributed by atoms with Gasteiger partial charge in [-0.15, -0.1) is 0 Å². The van der Waals surface area contributed by atoms with E-state index in [1.165, 1.54) is 12.1 Å². The second kappa shape index (κ2) is 4.30. The molecule has 0 amide bonds. The summed E-state index contributed by atoms with van der Waals surface area (Å²) >= 11 is 0. The average Bonchev–Trinajstić information content (AvgIpc) is 2.29. The number of hydrogen-bond acceptors (Lipinski definition) is 1. The monoisotopic (exact) mass is 229 g/mol. The lowest BCUT2D eigenvalue weighted by Crippen LogP contribution is -2.35. The van der Waals surface area contributed by atoms with Crippen LogP contribution in [0.1, 0.15) is 23.6 Å². The Morgan fingerprint density at radius 2 is 1.76 bits per heavy atom. The topological polar surface area (TPSA) is 26.0 Å². The Balaban J connectivity index is 2.53. The summed E-state index contributed by atoms with van der Waals surface area (Å²) in [6, 6.07) is 14.4. The lowest BCUT2D eigenvalue weighted by Gasteiger charge is -2.27. The van der Waals surface area contributed by atoms with Crippen LogP contribution in [0.3, 0.4) is 0 Å². The van der Waals surface area contributed by atoms with Crippen LogP contribution in [-0.4, -0.2) is 0 Å². The van der Waals surface area contributed by atoms with Crippen LogP contribution in [-0.2, 0) is 5.54 Å². The first kappa shape index (κ1) is 11.8. The molecule has 1 nitrogen and oxygen atoms in total. The van der Waals surface area contributed by atoms with Crippen molar-refractivity contribution in [2.45, 2.75) is 19.4 Å². The molecule has 0 radical (unpaired) electrons. The van der Waals surface area contributed by atoms with Gasteiger partial charge in [0, 0.05) is 0 Å². The van der Waals surface area contributed by atoms with E-state index in [-0.39, 0.29) is 5.82 Å². The molecule has 0 bridgehead atoms. The summed E-state index contributed by atoms with van der Waals surface area (Å²) in [4.78, 5) is 0. The molecule has 0 spiro atoms. The van der Waals surface area contributed by atoms with E-state index in [0.717, 1.165) is 16.7 Å². The standard InChI is InChI=1S/C15H16FN/c1-11-6-3-4-9-14(11)15(2,17)12-7-5-8-13(16)10-12/h3-10H,17H2,1-2H3. The van der Waals surface area contributed by atoms with E-state index in [4.69, 9.17) is 5.73 Å². The summed E-state index contributed by atoms with van der Waals surface area (Å²) in [6.07, 6.45) is 0. The van der Waals surface area contributed by atoms with E-state index in [2.05, 4.69) is 0 Å². The zero-order chi connectivity index (χ0) is 12.5. The van der Waals surface area contributed by atoms with E-state index >= 15 is 0 Å². The molecule has 2 heteroatoms. The first-order valence-electron chi connectivity index (χ1n) is 5.63. The number of halogens is 1. The Morgan fingerprint density at radius 3 is 2.41 bits per heavy atom. The third-order valence-electron chi connectivity index (χ3n) is 3.13. The predicted octanol–water partition coefficient (Wildman–Crippen LogP) is 3.36. The summed E-state index contributed by atoms with van der Waals surface area (Å²) in [7, 11) is 0. The van der Waals surface area contributed by atoms with Crippen molar-refractivity contribution < 1.29 is 4.39 Å². The molecule has 0 aliphatic rings. The minimum Gasteiger partial charge on any atom is -0.318 e. The van der Waals surface area contributed by atoms with Crippen molar-refractivity contribution >= 4 is 0 Å². The third kappa shape index (κ3) is 2.22. The summed E-state index contributed by atoms with van der Waals surface area (Å²) in [5, 5.41) is 0. The Labute approximate surface area is 101 Å². The molecule has 2 aromatic rings. The van der Waals surface area contributed by atoms with E-state index < -0.39 is 5.54 Å². The van der Waals surface area contributed by atoms with Gasteiger partial charge >= 0.3 is 0 Å². The highest BCUT2D eigenvalue weighted by atomic mass is 19.1. The number of aryl methyl sites for hydroxylation is 1. The minimum atomic E-state index is -0.673. The Hall–Kier alpha value is -1.67. The van der Waals surface area contributed by atoms with Crippen molar-refractivity contribution in [2.24, 2.45) is 5.73 Å². The summed E-state index contributed by atoms with van der Waals surface area (Å²) in [5.74, 6) is -0.257. The van der Waals surface area contributed by atoms with Crippen molar-refractivity contribution in [1.82, 2.24) is 0 Å². The number of benzene rings is 2. The highest BCUT2D eigenvalue weighted by Crippen LogP contribution is 2.28. The first-order valence-corrected chi connectivity index (χ1v) is 5.63. The molecule has 0 fully saturated rings. The second-order valence-electron chi connectivity index (χ2n) is 4.53. The SMILES string of the molecule is Cc1ccccc1C(C)(N)c1cccc(F)c1. The van der Waals surface area contributed by atoms with Crippen molar-refractivity contribution in [3.05, 3.63) is 71.0 Å². The molecule has 17 heavy (non-hydrogen) atoms. The van der Waals surface area contributed by atoms with Crippen LogP contribution in [0.15, 0.2) is 48.5 Å². The van der Waals surface area contributed by atoms with E-state index in [9.17, 15) is 4.39 Å². The van der Waals surface area contributed by atoms with Gasteiger partial charge < -0.3 is 5.73 Å². The maximum atomic E-state index is 13.3. The molecule has 88 valence electrons. The highest BCUT2D eigenvalue weighted by molar-refractivity contribution is 5.41. The molecule has 2 rings (SSSR count). The molecule has 0 saturated heterocycles. The molecule has 0 aliphatic carbocycles. The van der Waals surface area contributed by atoms with Crippen LogP contribution in [0.4, 0.5) is 4.39 Å². The zero-order valence-corrected chi connectivity index (χ0v) is 10.1. The Kier molecular flexibility index (Phi) is 2.99. The molecule has 0 saturated carbocycles. The molecule has 0 aromatic heterocycles. The second-order valence-corrected chi connectivity index (χ2v) is 4.53. The van der Waals surface area contributed by atoms with Gasteiger partial charge in [0.05, 0.1) is 5.54 Å². The number of rotatable bonds is 2. The quantitative estimate of drug-likeness (QED) is 0.839. The molecule has 1 unspecified atom stereocenters. The molecule has 2 N–H and O–H groups in total. The van der Waals surface area contributed by atoms with Crippen molar-refractivity contribution in [1.29, 1.82) is 0 Å². The van der Waals surface area contributed by atoms with Gasteiger partial charge in [0.1, 0.15) is 5.82 Å². The summed E-state index contributed by atoms with van der Waals surface area (Å²) < 4.78 is 13.3. The van der Waals surface area contributed by atoms with Gasteiger partial charge in [-0.05, 0) is 42.7 Å². The Morgan fingerprint density at radius 1 is 1.06 bits per heavy atom. The maximum Gasteiger partial charge on any atom is 0.123 e. The zero-order valence-electron chi connectivity index (χ0n) is 10.1. The van der Waals surface area contributed by atoms with Gasteiger partial charge in [-0.2, -0.15) is 0 Å². The molecular weight excluding hydrogens is 213 g/mol. The van der Waals surface area contributed by atoms with Crippen LogP contribution in [0.2, 0.25) is 0 Å². The van der Waals surface area contributed by atoms with Crippen LogP contribution in [0.5, 0.6) is 0 Å². The largest absolute Gasteiger partial charge is 0.318 e. The van der Waals surface area contributed by atoms with Gasteiger partial charge in [0.15, 0.2) is 0 Å². The molecule has 0 heterocycles. The van der Waals surface area contributed by atoms with Crippen LogP contribution < -0.4 is 5.73 Å². The fourth-order valence-electron chi connectivity index (χ4n) is 2.12. The molecular formula is C15H16FN. The van der Waals surface area contributed by atoms with Crippen molar-refractivity contribution in [3.63, 3.8) is 0 Å². The summed E-state index contributed by atoms with van der Waals surface area (Å²) in [5.41, 5.74) is 8.61. The molecule has 1 atom stereocenters. The van der Waals surface area contributed by atoms with Crippen molar-refractivity contribution in [2.75, 3.05) is 0 Å². The van der Waals surface area contributed by atoms with E-state index in [1.54, 1.807) is 6.07 Å². The molecule has 2 aromatic carbocycles. The minimum absolute atomic E-state index is 0.257. The van der Waals surface area contributed by atoms with E-state index in [1.807, 2.05) is 44.2 Å². The fraction of sp³-hybridized carbons (Fsp3) is 0.200. The average molecular weight is 229 g/mol. The summed E-state index contributed by atoms with van der Waals surface area (Å²) in [6.45, 7) is 3.92. The molecule has 0 aliphatic heterocycles. The van der Waals surface area contributed by atoms with Gasteiger partial charge in [0.2, 0.25) is 0 Å². The smallest absolute Gasteiger partial charge is 0.123 e. The first-order chi connectivity index (χ1) is 8.01. The van der Waals surface area contributed by atoms with Gasteiger partial charge in [-0.1, -0.05) is 36.4 Å². The lowest BCUT2D eigenvalue weighted by molar-refractivity contribution is 0.579. The maximum absolute atomic E-state index is 13.3. The normalized spacial score (nSPS) is 14.4. The predicted molar refractivity (Wildman–Crippen MR) is 68.2 cm³/mol. The highest BCUT2D eigenvalue weighted by Gasteiger charge is 2.25. The van der Waals surface area contributed by atoms with Crippen molar-refractivity contribution in [3.8, 4) is 0 Å². The van der Waals surface area contributed by atoms with Gasteiger partial charge in [-0.25, -0.2) is 4.39 Å². The van der Waals surface area contributed by atoms with Crippen LogP contribution in [0.25, 0.3) is 0 Å². The fourth-order valence-corrected chi connectivity index (χ4v) is 2.12. The third-order valence-corrected chi connectivity index (χ3v) is 3.13. The van der Waals surface area contributed by atoms with E-state index in [0.29, 0.717) is 0 Å². The van der Waals surface area contributed by atoms with Gasteiger partial charge in [0.25, 0.3) is 0 Å². The van der Waals surface area contributed by atoms with Crippen LogP contribution in [0, 0.1) is 12.7 Å². The lowest BCUT2D eigenvalue weighted by atomic mass is 9.83. The van der Waals surface area contributed by atoms with Gasteiger partial charge in [-0.3, -0.25) is 0 Å². The Bertz CT molecular complexity index is 532. The van der Waals surface area contributed by atoms with Crippen LogP contribution >= 0.6 is 0 Å². The number of hydrogen-bond donors (Lipinski definition) is 1. The number of nitrogens with two attached hydrogens (primary N) is 1.